The second-order valence-electron chi connectivity index (χ2n) is 2.89. The number of nitrogens with zero attached hydrogens (tertiary/aromatic N) is 2. The van der Waals surface area contributed by atoms with E-state index < -0.39 is 0 Å². The van der Waals surface area contributed by atoms with E-state index in [-0.39, 0.29) is 11.5 Å². The van der Waals surface area contributed by atoms with Crippen molar-refractivity contribution in [1.29, 1.82) is 0 Å². The van der Waals surface area contributed by atoms with Crippen LogP contribution in [-0.2, 0) is 14.1 Å². The maximum Gasteiger partial charge on any atom is 0.328 e. The molecule has 0 bridgehead atoms. The summed E-state index contributed by atoms with van der Waals surface area (Å²) in [5.41, 5.74) is 1.05. The Kier molecular flexibility index (Phi) is 1.92. The second kappa shape index (κ2) is 2.62. The minimum atomic E-state index is -0.155. The Bertz CT molecular complexity index is 384. The molecule has 0 fully saturated rings. The average Bonchev–Trinajstić information content (AvgIpc) is 2.16. The molecule has 0 radical (unpaired) electrons. The highest BCUT2D eigenvalue weighted by Gasteiger charge is 2.14. The van der Waals surface area contributed by atoms with Crippen LogP contribution in [0.25, 0.3) is 0 Å². The van der Waals surface area contributed by atoms with E-state index >= 15 is 0 Å². The van der Waals surface area contributed by atoms with Gasteiger partial charge < -0.3 is 0 Å². The topological polar surface area (TPSA) is 44.0 Å². The monoisotopic (exact) mass is 168 g/mol. The molecule has 4 heteroatoms. The van der Waals surface area contributed by atoms with Crippen LogP contribution in [0.2, 0.25) is 0 Å². The third-order valence-corrected chi connectivity index (χ3v) is 2.09. The van der Waals surface area contributed by atoms with Crippen LogP contribution < -0.4 is 5.69 Å². The highest BCUT2D eigenvalue weighted by molar-refractivity contribution is 5.93. The van der Waals surface area contributed by atoms with Gasteiger partial charge in [-0.15, -0.1) is 0 Å². The lowest BCUT2D eigenvalue weighted by atomic mass is 10.2. The molecule has 0 N–H and O–H groups in total. The lowest BCUT2D eigenvalue weighted by Crippen LogP contribution is -2.21. The molecule has 0 atom stereocenters. The van der Waals surface area contributed by atoms with Crippen molar-refractivity contribution in [2.24, 2.45) is 14.1 Å². The average molecular weight is 168 g/mol. The highest BCUT2D eigenvalue weighted by atomic mass is 16.2. The molecule has 12 heavy (non-hydrogen) atoms. The molecule has 66 valence electrons. The summed E-state index contributed by atoms with van der Waals surface area (Å²) < 4.78 is 2.84. The van der Waals surface area contributed by atoms with Gasteiger partial charge in [0.25, 0.3) is 0 Å². The van der Waals surface area contributed by atoms with Crippen LogP contribution in [0.5, 0.6) is 0 Å². The number of rotatable bonds is 1. The Morgan fingerprint density at radius 1 is 1.25 bits per heavy atom. The number of hydrogen-bond donors (Lipinski definition) is 0. The van der Waals surface area contributed by atoms with Crippen molar-refractivity contribution >= 4 is 5.78 Å². The summed E-state index contributed by atoms with van der Waals surface area (Å²) in [4.78, 5) is 22.4. The summed E-state index contributed by atoms with van der Waals surface area (Å²) >= 11 is 0. The molecule has 0 aliphatic rings. The third kappa shape index (κ3) is 0.995. The summed E-state index contributed by atoms with van der Waals surface area (Å²) in [5, 5.41) is 0. The van der Waals surface area contributed by atoms with E-state index in [1.807, 2.05) is 0 Å². The Balaban J connectivity index is 3.60. The van der Waals surface area contributed by atoms with Gasteiger partial charge in [-0.2, -0.15) is 0 Å². The molecule has 1 heterocycles. The molecule has 0 aliphatic heterocycles. The van der Waals surface area contributed by atoms with Crippen LogP contribution in [0.4, 0.5) is 0 Å². The molecule has 1 aromatic heterocycles. The molecule has 0 spiro atoms. The summed E-state index contributed by atoms with van der Waals surface area (Å²) in [6, 6.07) is 0. The van der Waals surface area contributed by atoms with Crippen molar-refractivity contribution in [3.63, 3.8) is 0 Å². The summed E-state index contributed by atoms with van der Waals surface area (Å²) in [6.07, 6.45) is 0. The van der Waals surface area contributed by atoms with Crippen molar-refractivity contribution in [1.82, 2.24) is 9.13 Å². The van der Waals surface area contributed by atoms with E-state index in [1.54, 1.807) is 21.0 Å². The van der Waals surface area contributed by atoms with Gasteiger partial charge in [0.05, 0.1) is 0 Å². The number of ketones is 1. The van der Waals surface area contributed by atoms with Gasteiger partial charge >= 0.3 is 5.69 Å². The number of hydrogen-bond acceptors (Lipinski definition) is 2. The zero-order valence-electron chi connectivity index (χ0n) is 7.71. The molecule has 0 aliphatic carbocycles. The Hall–Kier alpha value is -1.32. The van der Waals surface area contributed by atoms with Crippen molar-refractivity contribution in [3.8, 4) is 0 Å². The lowest BCUT2D eigenvalue weighted by Gasteiger charge is -1.96. The molecule has 0 aromatic carbocycles. The van der Waals surface area contributed by atoms with Crippen LogP contribution in [0.1, 0.15) is 23.1 Å². The van der Waals surface area contributed by atoms with E-state index in [0.29, 0.717) is 5.69 Å². The normalized spacial score (nSPS) is 10.3. The molecule has 0 unspecified atom stereocenters. The molecule has 4 nitrogen and oxygen atoms in total. The van der Waals surface area contributed by atoms with E-state index in [9.17, 15) is 9.59 Å². The first kappa shape index (κ1) is 8.77. The Labute approximate surface area is 70.4 Å². The molecule has 1 aromatic rings. The van der Waals surface area contributed by atoms with Crippen LogP contribution >= 0.6 is 0 Å². The standard InChI is InChI=1S/C8H12N2O2/c1-5-7(6(2)11)10(4)8(12)9(5)3/h1-4H3. The minimum Gasteiger partial charge on any atom is -0.299 e. The second-order valence-corrected chi connectivity index (χ2v) is 2.89. The number of aromatic nitrogens is 2. The summed E-state index contributed by atoms with van der Waals surface area (Å²) in [5.74, 6) is -0.0762. The number of imidazole rings is 1. The molecule has 0 saturated heterocycles. The minimum absolute atomic E-state index is 0.0762. The summed E-state index contributed by atoms with van der Waals surface area (Å²) in [7, 11) is 3.26. The molecular weight excluding hydrogens is 156 g/mol. The fraction of sp³-hybridized carbons (Fsp3) is 0.500. The molecule has 0 saturated carbocycles. The smallest absolute Gasteiger partial charge is 0.299 e. The predicted molar refractivity (Wildman–Crippen MR) is 45.4 cm³/mol. The molecular formula is C8H12N2O2. The fourth-order valence-corrected chi connectivity index (χ4v) is 1.36. The van der Waals surface area contributed by atoms with Crippen LogP contribution in [0, 0.1) is 6.92 Å². The van der Waals surface area contributed by atoms with Gasteiger partial charge in [0.1, 0.15) is 5.69 Å². The SMILES string of the molecule is CC(=O)c1c(C)n(C)c(=O)n1C. The van der Waals surface area contributed by atoms with E-state index in [0.717, 1.165) is 5.69 Å². The van der Waals surface area contributed by atoms with Crippen LogP contribution in [-0.4, -0.2) is 14.9 Å². The first-order valence-electron chi connectivity index (χ1n) is 3.70. The van der Waals surface area contributed by atoms with Crippen LogP contribution in [0.3, 0.4) is 0 Å². The number of Topliss-reactive ketones (excluding diaryl/α,β-unsaturated/α-hetero) is 1. The van der Waals surface area contributed by atoms with E-state index in [1.165, 1.54) is 16.1 Å². The fourth-order valence-electron chi connectivity index (χ4n) is 1.36. The maximum absolute atomic E-state index is 11.3. The van der Waals surface area contributed by atoms with Crippen molar-refractivity contribution in [2.45, 2.75) is 13.8 Å². The quantitative estimate of drug-likeness (QED) is 0.563. The predicted octanol–water partition coefficient (Wildman–Crippen LogP) is 0.235. The van der Waals surface area contributed by atoms with Gasteiger partial charge in [0.15, 0.2) is 5.78 Å². The van der Waals surface area contributed by atoms with Crippen molar-refractivity contribution in [3.05, 3.63) is 21.9 Å². The Morgan fingerprint density at radius 2 is 1.75 bits per heavy atom. The van der Waals surface area contributed by atoms with Gasteiger partial charge in [0.2, 0.25) is 0 Å². The molecule has 1 rings (SSSR count). The maximum atomic E-state index is 11.3. The van der Waals surface area contributed by atoms with Gasteiger partial charge in [0, 0.05) is 26.7 Å². The Morgan fingerprint density at radius 3 is 1.92 bits per heavy atom. The van der Waals surface area contributed by atoms with Crippen molar-refractivity contribution in [2.75, 3.05) is 0 Å². The highest BCUT2D eigenvalue weighted by Crippen LogP contribution is 2.03. The number of carbonyl (C=O) groups excluding carboxylic acids is 1. The third-order valence-electron chi connectivity index (χ3n) is 2.09. The van der Waals surface area contributed by atoms with Gasteiger partial charge in [-0.3, -0.25) is 13.9 Å². The van der Waals surface area contributed by atoms with Crippen molar-refractivity contribution < 1.29 is 4.79 Å². The van der Waals surface area contributed by atoms with E-state index in [4.69, 9.17) is 0 Å². The van der Waals surface area contributed by atoms with Gasteiger partial charge in [-0.1, -0.05) is 0 Å². The zero-order chi connectivity index (χ0) is 9.46. The zero-order valence-corrected chi connectivity index (χ0v) is 7.71. The lowest BCUT2D eigenvalue weighted by molar-refractivity contribution is 0.100. The first-order valence-corrected chi connectivity index (χ1v) is 3.70. The molecule has 0 amide bonds. The first-order chi connectivity index (χ1) is 5.46. The summed E-state index contributed by atoms with van der Waals surface area (Å²) in [6.45, 7) is 3.22. The van der Waals surface area contributed by atoms with Gasteiger partial charge in [-0.05, 0) is 6.92 Å². The van der Waals surface area contributed by atoms with Crippen LogP contribution in [0.15, 0.2) is 4.79 Å². The number of carbonyl (C=O) groups is 1. The largest absolute Gasteiger partial charge is 0.328 e. The van der Waals surface area contributed by atoms with E-state index in [2.05, 4.69) is 0 Å². The van der Waals surface area contributed by atoms with Gasteiger partial charge in [-0.25, -0.2) is 4.79 Å².